The van der Waals surface area contributed by atoms with Gasteiger partial charge in [0, 0.05) is 32.2 Å². The molecule has 0 aliphatic carbocycles. The van der Waals surface area contributed by atoms with E-state index in [0.29, 0.717) is 6.04 Å². The lowest BCUT2D eigenvalue weighted by molar-refractivity contribution is 0.164. The standard InChI is InChI=1S/C20H26N2.2ClH/c1-2-7-20(22-14-12-21-13-15-22)19-11-6-10-18(16-19)17-8-4-3-5-9-17;;/h3-6,8-11,16,20-21H,2,7,12-15H2,1H3;2*1H/t20-;;/m0../s1. The van der Waals surface area contributed by atoms with Gasteiger partial charge in [0.25, 0.3) is 0 Å². The highest BCUT2D eigenvalue weighted by molar-refractivity contribution is 5.85. The van der Waals surface area contributed by atoms with E-state index in [1.54, 1.807) is 0 Å². The highest BCUT2D eigenvalue weighted by Crippen LogP contribution is 2.29. The largest absolute Gasteiger partial charge is 0.314 e. The number of nitrogens with one attached hydrogen (secondary N) is 1. The van der Waals surface area contributed by atoms with Gasteiger partial charge in [-0.3, -0.25) is 4.90 Å². The van der Waals surface area contributed by atoms with Gasteiger partial charge in [-0.2, -0.15) is 0 Å². The van der Waals surface area contributed by atoms with E-state index < -0.39 is 0 Å². The van der Waals surface area contributed by atoms with Crippen LogP contribution in [0.5, 0.6) is 0 Å². The molecule has 24 heavy (non-hydrogen) atoms. The van der Waals surface area contributed by atoms with Gasteiger partial charge in [0.2, 0.25) is 0 Å². The lowest BCUT2D eigenvalue weighted by atomic mass is 9.95. The number of hydrogen-bond donors (Lipinski definition) is 1. The van der Waals surface area contributed by atoms with E-state index in [2.05, 4.69) is 71.7 Å². The molecule has 1 heterocycles. The van der Waals surface area contributed by atoms with Crippen molar-refractivity contribution in [3.63, 3.8) is 0 Å². The maximum atomic E-state index is 3.46. The summed E-state index contributed by atoms with van der Waals surface area (Å²) in [6.07, 6.45) is 2.46. The molecule has 132 valence electrons. The van der Waals surface area contributed by atoms with Crippen LogP contribution in [0.1, 0.15) is 31.4 Å². The van der Waals surface area contributed by atoms with Crippen molar-refractivity contribution in [3.8, 4) is 11.1 Å². The van der Waals surface area contributed by atoms with Crippen molar-refractivity contribution < 1.29 is 0 Å². The molecule has 1 atom stereocenters. The number of hydrogen-bond acceptors (Lipinski definition) is 2. The van der Waals surface area contributed by atoms with E-state index in [4.69, 9.17) is 0 Å². The van der Waals surface area contributed by atoms with Crippen LogP contribution >= 0.6 is 24.8 Å². The third kappa shape index (κ3) is 5.22. The molecule has 0 unspecified atom stereocenters. The van der Waals surface area contributed by atoms with E-state index in [1.807, 2.05) is 0 Å². The Kier molecular flexibility index (Phi) is 9.38. The molecule has 0 aromatic heterocycles. The Labute approximate surface area is 158 Å². The maximum Gasteiger partial charge on any atom is 0.0349 e. The van der Waals surface area contributed by atoms with Crippen LogP contribution in [0, 0.1) is 0 Å². The highest BCUT2D eigenvalue weighted by atomic mass is 35.5. The molecule has 2 aromatic carbocycles. The number of piperazine rings is 1. The summed E-state index contributed by atoms with van der Waals surface area (Å²) < 4.78 is 0. The fraction of sp³-hybridized carbons (Fsp3) is 0.400. The number of benzene rings is 2. The van der Waals surface area contributed by atoms with Crippen molar-refractivity contribution >= 4 is 24.8 Å². The van der Waals surface area contributed by atoms with Crippen LogP contribution in [-0.4, -0.2) is 31.1 Å². The molecule has 0 radical (unpaired) electrons. The molecule has 0 amide bonds. The third-order valence-electron chi connectivity index (χ3n) is 4.53. The van der Waals surface area contributed by atoms with E-state index >= 15 is 0 Å². The van der Waals surface area contributed by atoms with Crippen LogP contribution in [0.4, 0.5) is 0 Å². The molecular formula is C20H28Cl2N2. The van der Waals surface area contributed by atoms with Crippen molar-refractivity contribution in [2.45, 2.75) is 25.8 Å². The summed E-state index contributed by atoms with van der Waals surface area (Å²) in [6.45, 7) is 6.81. The zero-order valence-corrected chi connectivity index (χ0v) is 15.9. The fourth-order valence-corrected chi connectivity index (χ4v) is 3.38. The summed E-state index contributed by atoms with van der Waals surface area (Å²) in [5.41, 5.74) is 4.10. The summed E-state index contributed by atoms with van der Waals surface area (Å²) >= 11 is 0. The minimum Gasteiger partial charge on any atom is -0.314 e. The van der Waals surface area contributed by atoms with Gasteiger partial charge < -0.3 is 5.32 Å². The summed E-state index contributed by atoms with van der Waals surface area (Å²) in [5, 5.41) is 3.46. The van der Waals surface area contributed by atoms with Crippen molar-refractivity contribution in [1.29, 1.82) is 0 Å². The molecular weight excluding hydrogens is 339 g/mol. The van der Waals surface area contributed by atoms with Crippen LogP contribution < -0.4 is 5.32 Å². The molecule has 0 bridgehead atoms. The molecule has 1 N–H and O–H groups in total. The first kappa shape index (κ1) is 21.0. The number of halogens is 2. The second-order valence-electron chi connectivity index (χ2n) is 6.08. The van der Waals surface area contributed by atoms with Gasteiger partial charge in [-0.05, 0) is 29.2 Å². The van der Waals surface area contributed by atoms with Gasteiger partial charge in [0.15, 0.2) is 0 Å². The van der Waals surface area contributed by atoms with Crippen molar-refractivity contribution in [3.05, 3.63) is 60.2 Å². The highest BCUT2D eigenvalue weighted by Gasteiger charge is 2.21. The SMILES string of the molecule is CCC[C@@H](c1cccc(-c2ccccc2)c1)N1CCNCC1.Cl.Cl. The van der Waals surface area contributed by atoms with Gasteiger partial charge in [-0.15, -0.1) is 24.8 Å². The molecule has 1 fully saturated rings. The van der Waals surface area contributed by atoms with E-state index in [9.17, 15) is 0 Å². The van der Waals surface area contributed by atoms with Gasteiger partial charge in [0.1, 0.15) is 0 Å². The van der Waals surface area contributed by atoms with Gasteiger partial charge in [-0.1, -0.05) is 61.9 Å². The van der Waals surface area contributed by atoms with Crippen LogP contribution in [0.15, 0.2) is 54.6 Å². The number of nitrogens with zero attached hydrogens (tertiary/aromatic N) is 1. The molecule has 3 rings (SSSR count). The van der Waals surface area contributed by atoms with Crippen molar-refractivity contribution in [1.82, 2.24) is 10.2 Å². The predicted octanol–water partition coefficient (Wildman–Crippen LogP) is 4.94. The van der Waals surface area contributed by atoms with Gasteiger partial charge >= 0.3 is 0 Å². The first-order chi connectivity index (χ1) is 10.9. The Morgan fingerprint density at radius 1 is 0.917 bits per heavy atom. The molecule has 1 aliphatic rings. The molecule has 2 aromatic rings. The number of rotatable bonds is 5. The molecule has 0 spiro atoms. The van der Waals surface area contributed by atoms with E-state index in [0.717, 1.165) is 26.2 Å². The molecule has 2 nitrogen and oxygen atoms in total. The minimum absolute atomic E-state index is 0. The van der Waals surface area contributed by atoms with Crippen molar-refractivity contribution in [2.75, 3.05) is 26.2 Å². The molecule has 1 aliphatic heterocycles. The lowest BCUT2D eigenvalue weighted by Crippen LogP contribution is -2.45. The Morgan fingerprint density at radius 2 is 1.58 bits per heavy atom. The van der Waals surface area contributed by atoms with E-state index in [-0.39, 0.29) is 24.8 Å². The average molecular weight is 367 g/mol. The second kappa shape index (κ2) is 10.7. The summed E-state index contributed by atoms with van der Waals surface area (Å²) in [5.74, 6) is 0. The average Bonchev–Trinajstić information content (AvgIpc) is 2.61. The fourth-order valence-electron chi connectivity index (χ4n) is 3.38. The molecule has 1 saturated heterocycles. The smallest absolute Gasteiger partial charge is 0.0349 e. The van der Waals surface area contributed by atoms with Crippen LogP contribution in [-0.2, 0) is 0 Å². The topological polar surface area (TPSA) is 15.3 Å². The second-order valence-corrected chi connectivity index (χ2v) is 6.08. The Bertz CT molecular complexity index is 583. The van der Waals surface area contributed by atoms with Crippen molar-refractivity contribution in [2.24, 2.45) is 0 Å². The van der Waals surface area contributed by atoms with Gasteiger partial charge in [0.05, 0.1) is 0 Å². The summed E-state index contributed by atoms with van der Waals surface area (Å²) in [4.78, 5) is 2.64. The summed E-state index contributed by atoms with van der Waals surface area (Å²) in [7, 11) is 0. The maximum absolute atomic E-state index is 3.46. The predicted molar refractivity (Wildman–Crippen MR) is 108 cm³/mol. The Hall–Kier alpha value is -1.06. The van der Waals surface area contributed by atoms with Crippen LogP contribution in [0.2, 0.25) is 0 Å². The Morgan fingerprint density at radius 3 is 2.25 bits per heavy atom. The quantitative estimate of drug-likeness (QED) is 0.805. The first-order valence-corrected chi connectivity index (χ1v) is 8.48. The molecule has 4 heteroatoms. The summed E-state index contributed by atoms with van der Waals surface area (Å²) in [6, 6.07) is 20.4. The lowest BCUT2D eigenvalue weighted by Gasteiger charge is -2.35. The Balaban J connectivity index is 0.00000144. The monoisotopic (exact) mass is 366 g/mol. The van der Waals surface area contributed by atoms with E-state index in [1.165, 1.54) is 29.5 Å². The van der Waals surface area contributed by atoms with Gasteiger partial charge in [-0.25, -0.2) is 0 Å². The first-order valence-electron chi connectivity index (χ1n) is 8.48. The van der Waals surface area contributed by atoms with Crippen LogP contribution in [0.25, 0.3) is 11.1 Å². The zero-order chi connectivity index (χ0) is 15.2. The normalized spacial score (nSPS) is 15.9. The molecule has 0 saturated carbocycles. The third-order valence-corrected chi connectivity index (χ3v) is 4.53. The van der Waals surface area contributed by atoms with Crippen LogP contribution in [0.3, 0.4) is 0 Å². The minimum atomic E-state index is 0. The zero-order valence-electron chi connectivity index (χ0n) is 14.3.